The molecule has 4 N–H and O–H groups in total. The van der Waals surface area contributed by atoms with E-state index in [2.05, 4.69) is 107 Å². The number of morpholine rings is 5. The molecule has 5 aliphatic rings. The number of benzene rings is 5. The number of nitrogens with zero attached hydrogens (tertiary/aromatic N) is 11. The van der Waals surface area contributed by atoms with Gasteiger partial charge < -0.3 is 64.0 Å². The maximum atomic E-state index is 12.8. The Balaban J connectivity index is 0.000000154. The second-order valence-electron chi connectivity index (χ2n) is 27.2. The molecule has 11 aromatic rings. The number of ether oxygens (including phenoxy) is 5. The van der Waals surface area contributed by atoms with Crippen LogP contribution in [0.3, 0.4) is 0 Å². The Bertz CT molecular complexity index is 6010. The molecule has 6 aromatic heterocycles. The summed E-state index contributed by atoms with van der Waals surface area (Å²) in [5.41, 5.74) is 13.5. The highest BCUT2D eigenvalue weighted by atomic mass is 79.9. The number of nitrogens with one attached hydrogen (secondary N) is 1. The molecule has 0 saturated carbocycles. The first-order valence-corrected chi connectivity index (χ1v) is 48.9. The molecule has 5 saturated heterocycles. The van der Waals surface area contributed by atoms with Gasteiger partial charge in [-0.25, -0.2) is 34.0 Å². The third-order valence-electron chi connectivity index (χ3n) is 19.4. The first-order valence-electron chi connectivity index (χ1n) is 38.1. The van der Waals surface area contributed by atoms with Crippen molar-refractivity contribution in [2.75, 3.05) is 161 Å². The van der Waals surface area contributed by atoms with Gasteiger partial charge in [0.25, 0.3) is 0 Å². The lowest BCUT2D eigenvalue weighted by Crippen LogP contribution is -2.35. The number of amides is 1. The van der Waals surface area contributed by atoms with Crippen LogP contribution in [0.4, 0.5) is 53.4 Å². The van der Waals surface area contributed by atoms with E-state index in [0.29, 0.717) is 261 Å². The highest BCUT2D eigenvalue weighted by Crippen LogP contribution is 2.58. The Morgan fingerprint density at radius 1 is 0.445 bits per heavy atom. The van der Waals surface area contributed by atoms with Crippen LogP contribution in [-0.2, 0) is 28.5 Å². The molecule has 0 atom stereocenters. The minimum absolute atomic E-state index is 0.0737. The number of halogens is 13. The molecule has 24 nitrogen and oxygen atoms in total. The topological polar surface area (TPSA) is 244 Å². The van der Waals surface area contributed by atoms with E-state index < -0.39 is 9.71 Å². The summed E-state index contributed by atoms with van der Waals surface area (Å²) in [7, 11) is 0. The lowest BCUT2D eigenvalue weighted by molar-refractivity contribution is -0.106. The molecule has 5 aromatic carbocycles. The van der Waals surface area contributed by atoms with Crippen LogP contribution in [0.25, 0.3) is 90.4 Å². The van der Waals surface area contributed by atoms with Gasteiger partial charge in [0, 0.05) is 143 Å². The van der Waals surface area contributed by atoms with Gasteiger partial charge in [-0.2, -0.15) is 0 Å². The number of H-pyrrole nitrogens is 1. The Morgan fingerprint density at radius 2 is 0.703 bits per heavy atom. The first-order chi connectivity index (χ1) is 61.6. The number of hydrogen-bond acceptors (Lipinski definition) is 21. The highest BCUT2D eigenvalue weighted by Gasteiger charge is 2.36. The molecule has 0 aliphatic carbocycles. The fourth-order valence-electron chi connectivity index (χ4n) is 13.7. The molecule has 664 valence electrons. The van der Waals surface area contributed by atoms with Crippen molar-refractivity contribution in [3.63, 3.8) is 0 Å². The Labute approximate surface area is 832 Å². The zero-order valence-electron chi connectivity index (χ0n) is 66.8. The van der Waals surface area contributed by atoms with Crippen LogP contribution in [-0.4, -0.2) is 185 Å². The number of Topliss-reactive ketones (excluding diaryl/α,β-unsaturated/α-hetero) is 3. The number of aromatic amines is 1. The molecule has 16 rings (SSSR count). The van der Waals surface area contributed by atoms with Crippen molar-refractivity contribution in [3.05, 3.63) is 230 Å². The number of ketones is 3. The predicted molar refractivity (Wildman–Crippen MR) is 534 cm³/mol. The SMILES string of the molecule is NC=O.[C-]#[N+]c1c(N2CCOCC2)sc(-c2cnc[nH]2)c1-c1ccc(Cl)cc1Cl.[C-]#[N+]c1c(N2CCOCC2)sc(C(=O)C(Br)Br)c1-c1ccc(Cl)cc1Cl.[C-]#[N+]c1c(N2CCOCC2)sc(C(=O)CBr)c1-c1ccc(Cl)cc1Cl.[C-]#[N+]c1c(N2CCOCC2)sc(C(=O)O)c1-c1ccc(Cl)cc1Cl.[C-]#[N+]c1c(N2CCOCC2)sc(C(C)=O)c1-c1ccc(Cl)cc1Cl. The van der Waals surface area contributed by atoms with Gasteiger partial charge in [0.2, 0.25) is 34.8 Å². The summed E-state index contributed by atoms with van der Waals surface area (Å²) in [6.07, 6.45) is 3.64. The number of thiophene rings is 5. The number of aromatic nitrogens is 2. The van der Waals surface area contributed by atoms with Crippen LogP contribution in [0.2, 0.25) is 50.2 Å². The monoisotopic (exact) mass is 2200 g/mol. The number of carboxylic acid groups (broad SMARTS) is 1. The van der Waals surface area contributed by atoms with Gasteiger partial charge in [-0.1, -0.05) is 194 Å². The lowest BCUT2D eigenvalue weighted by Gasteiger charge is -2.28. The standard InChI is InChI=1S/C18H14Cl2N4OS.C17H12Br2Cl2N2O2S.C17H13BrCl2N2O2S.C17H14Cl2N2O2S.C16H12Cl2N2O3S.CH3NO/c1-21-16-15(12-3-2-11(19)8-13(12)20)17(14-9-22-10-23-14)26-18(16)24-4-6-25-7-5-24;1-22-13-12(10-3-2-9(20)8-11(10)21)15(14(24)16(18)19)26-17(13)23-4-6-25-7-5-23;1-21-15-14(11-3-2-10(19)8-12(11)20)16(13(23)9-18)25-17(15)22-4-6-24-7-5-22;1-10(22)16-14(12-4-3-11(18)9-13(12)19)15(20-2)17(24-16)21-5-7-23-8-6-21;1-19-13-12(10-3-2-9(17)8-11(10)18)14(16(21)22)24-15(13)20-4-6-23-7-5-20;2-1-3/h2-3,8-10H,4-7H2,(H,22,23);2-3,8,16H,4-7H2;2-3,8H,4-7,9H2;3-4,9H,5-8H2,1H3;2-3,8H,4-7H2,(H,21,22);1H,(H2,2,3). The number of hydrogen-bond donors (Lipinski definition) is 3. The summed E-state index contributed by atoms with van der Waals surface area (Å²) >= 11 is 78.3. The average Bonchev–Trinajstić information content (AvgIpc) is 1.61. The Morgan fingerprint density at radius 3 is 0.969 bits per heavy atom. The number of anilines is 5. The molecule has 0 unspecified atom stereocenters. The molecular formula is C86H68Br3Cl10N13O11S5. The summed E-state index contributed by atoms with van der Waals surface area (Å²) in [4.78, 5) is 96.8. The summed E-state index contributed by atoms with van der Waals surface area (Å²) in [5, 5.41) is 18.4. The van der Waals surface area contributed by atoms with Gasteiger partial charge in [-0.15, -0.1) is 56.7 Å². The number of rotatable bonds is 17. The van der Waals surface area contributed by atoms with E-state index in [1.54, 1.807) is 109 Å². The minimum atomic E-state index is -1.08. The number of carbonyl (C=O) groups is 5. The number of alkyl halides is 3. The number of imidazole rings is 1. The van der Waals surface area contributed by atoms with Gasteiger partial charge in [0.1, 0.15) is 8.61 Å². The van der Waals surface area contributed by atoms with Gasteiger partial charge in [-0.3, -0.25) is 19.2 Å². The van der Waals surface area contributed by atoms with Gasteiger partial charge in [0.15, 0.2) is 17.3 Å². The van der Waals surface area contributed by atoms with E-state index in [4.69, 9.17) is 177 Å². The van der Waals surface area contributed by atoms with Crippen molar-refractivity contribution in [2.45, 2.75) is 10.7 Å². The Hall–Kier alpha value is -7.65. The maximum absolute atomic E-state index is 12.8. The molecule has 0 spiro atoms. The van der Waals surface area contributed by atoms with E-state index in [1.165, 1.54) is 40.9 Å². The zero-order valence-corrected chi connectivity index (χ0v) is 83.2. The van der Waals surface area contributed by atoms with E-state index in [9.17, 15) is 24.3 Å². The summed E-state index contributed by atoms with van der Waals surface area (Å²) in [6.45, 7) is 52.9. The molecule has 5 aliphatic heterocycles. The first kappa shape index (κ1) is 101. The summed E-state index contributed by atoms with van der Waals surface area (Å²) in [5.74, 6) is -1.38. The van der Waals surface area contributed by atoms with Crippen LogP contribution in [0.1, 0.15) is 45.6 Å². The average molecular weight is 2210 g/mol. The zero-order chi connectivity index (χ0) is 92.2. The maximum Gasteiger partial charge on any atom is 0.345 e. The molecule has 5 fully saturated rings. The van der Waals surface area contributed by atoms with Crippen molar-refractivity contribution in [2.24, 2.45) is 5.73 Å². The van der Waals surface area contributed by atoms with Crippen molar-refractivity contribution >= 4 is 304 Å². The fraction of sp³-hybridized carbons (Fsp3) is 0.267. The summed E-state index contributed by atoms with van der Waals surface area (Å²) < 4.78 is 26.4. The minimum Gasteiger partial charge on any atom is -0.477 e. The second-order valence-corrected chi connectivity index (χ2v) is 40.0. The Kier molecular flexibility index (Phi) is 37.9. The van der Waals surface area contributed by atoms with Crippen molar-refractivity contribution in [1.82, 2.24) is 9.97 Å². The van der Waals surface area contributed by atoms with Crippen LogP contribution in [0.5, 0.6) is 0 Å². The largest absolute Gasteiger partial charge is 0.477 e. The van der Waals surface area contributed by atoms with E-state index >= 15 is 0 Å². The van der Waals surface area contributed by atoms with Crippen molar-refractivity contribution in [1.29, 1.82) is 0 Å². The number of nitrogens with two attached hydrogens (primary N) is 1. The van der Waals surface area contributed by atoms with Crippen LogP contribution < -0.4 is 30.2 Å². The molecule has 42 heteroatoms. The molecule has 0 radical (unpaired) electrons. The highest BCUT2D eigenvalue weighted by molar-refractivity contribution is 9.25. The molecule has 11 heterocycles. The predicted octanol–water partition coefficient (Wildman–Crippen LogP) is 26.8. The summed E-state index contributed by atoms with van der Waals surface area (Å²) in [6, 6.07) is 25.5. The molecular weight excluding hydrogens is 2150 g/mol. The number of carbonyl (C=O) groups excluding carboxylic acids is 4. The fourth-order valence-corrected chi connectivity index (χ4v) is 23.6. The van der Waals surface area contributed by atoms with Crippen LogP contribution >= 0.6 is 220 Å². The van der Waals surface area contributed by atoms with E-state index in [1.807, 2.05) is 11.0 Å². The quantitative estimate of drug-likeness (QED) is 0.0332. The van der Waals surface area contributed by atoms with Crippen LogP contribution in [0, 0.1) is 32.9 Å². The van der Waals surface area contributed by atoms with Gasteiger partial charge in [-0.05, 0) is 95.4 Å². The third-order valence-corrected chi connectivity index (χ3v) is 29.9. The normalized spacial score (nSPS) is 14.2. The van der Waals surface area contributed by atoms with Crippen molar-refractivity contribution < 1.29 is 52.8 Å². The number of carboxylic acids is 1. The molecule has 0 bridgehead atoms. The third kappa shape index (κ3) is 24.0. The van der Waals surface area contributed by atoms with Crippen molar-refractivity contribution in [3.8, 4) is 66.2 Å². The van der Waals surface area contributed by atoms with E-state index in [0.717, 1.165) is 66.1 Å². The number of primary amides is 1. The molecule has 1 amide bonds. The van der Waals surface area contributed by atoms with Gasteiger partial charge in [0.05, 0.1) is 167 Å². The van der Waals surface area contributed by atoms with E-state index in [-0.39, 0.29) is 34.0 Å². The lowest BCUT2D eigenvalue weighted by atomic mass is 10.0. The number of aromatic carboxylic acids is 1. The smallest absolute Gasteiger partial charge is 0.345 e. The second kappa shape index (κ2) is 48.1. The van der Waals surface area contributed by atoms with Crippen LogP contribution in [0.15, 0.2) is 104 Å². The van der Waals surface area contributed by atoms with Gasteiger partial charge >= 0.3 is 5.97 Å². The molecule has 128 heavy (non-hydrogen) atoms.